The number of nitrogens with one attached hydrogen (secondary N) is 1. The number of benzene rings is 3. The van der Waals surface area contributed by atoms with Crippen LogP contribution in [0, 0.1) is 0 Å². The van der Waals surface area contributed by atoms with Crippen LogP contribution in [-0.2, 0) is 19.3 Å². The Balaban J connectivity index is 1.58. The zero-order valence-electron chi connectivity index (χ0n) is 20.9. The van der Waals surface area contributed by atoms with Crippen LogP contribution < -0.4 is 24.3 Å². The first-order valence-electron chi connectivity index (χ1n) is 11.9. The third kappa shape index (κ3) is 5.43. The second kappa shape index (κ2) is 11.3. The van der Waals surface area contributed by atoms with Crippen LogP contribution in [-0.4, -0.2) is 40.8 Å². The molecule has 0 aromatic heterocycles. The molecule has 0 saturated carbocycles. The van der Waals surface area contributed by atoms with E-state index in [1.54, 1.807) is 28.4 Å². The smallest absolute Gasteiger partial charge is 0.203 e. The molecule has 184 valence electrons. The van der Waals surface area contributed by atoms with E-state index in [1.165, 1.54) is 11.1 Å². The van der Waals surface area contributed by atoms with Crippen LogP contribution in [0.4, 0.5) is 0 Å². The molecule has 0 radical (unpaired) electrons. The summed E-state index contributed by atoms with van der Waals surface area (Å²) in [5, 5.41) is 3.64. The molecule has 3 aromatic rings. The summed E-state index contributed by atoms with van der Waals surface area (Å²) in [7, 11) is 6.49. The highest BCUT2D eigenvalue weighted by atomic mass is 16.5. The molecule has 0 fully saturated rings. The van der Waals surface area contributed by atoms with E-state index in [0.717, 1.165) is 36.9 Å². The maximum atomic E-state index is 13.2. The molecule has 1 unspecified atom stereocenters. The van der Waals surface area contributed by atoms with Crippen LogP contribution in [0.5, 0.6) is 23.0 Å². The van der Waals surface area contributed by atoms with Gasteiger partial charge in [0.05, 0.1) is 34.0 Å². The summed E-state index contributed by atoms with van der Waals surface area (Å²) >= 11 is 0. The summed E-state index contributed by atoms with van der Waals surface area (Å²) in [6.45, 7) is 0.882. The van der Waals surface area contributed by atoms with Gasteiger partial charge in [0.25, 0.3) is 0 Å². The maximum Gasteiger partial charge on any atom is 0.203 e. The van der Waals surface area contributed by atoms with Crippen LogP contribution in [0.2, 0.25) is 0 Å². The number of hydrogen-bond donors (Lipinski definition) is 1. The Morgan fingerprint density at radius 1 is 0.857 bits per heavy atom. The lowest BCUT2D eigenvalue weighted by Crippen LogP contribution is -2.30. The molecule has 6 nitrogen and oxygen atoms in total. The number of hydrogen-bond acceptors (Lipinski definition) is 6. The summed E-state index contributed by atoms with van der Waals surface area (Å²) in [6.07, 6.45) is 2.93. The van der Waals surface area contributed by atoms with Gasteiger partial charge >= 0.3 is 0 Å². The number of carbonyl (C=O) groups is 1. The van der Waals surface area contributed by atoms with E-state index in [2.05, 4.69) is 5.32 Å². The molecule has 0 spiro atoms. The molecule has 0 aliphatic carbocycles. The van der Waals surface area contributed by atoms with E-state index in [-0.39, 0.29) is 11.8 Å². The van der Waals surface area contributed by atoms with Crippen LogP contribution >= 0.6 is 0 Å². The van der Waals surface area contributed by atoms with Crippen LogP contribution in [0.15, 0.2) is 54.6 Å². The average Bonchev–Trinajstić information content (AvgIpc) is 2.90. The zero-order valence-corrected chi connectivity index (χ0v) is 20.9. The van der Waals surface area contributed by atoms with E-state index >= 15 is 0 Å². The molecule has 1 atom stereocenters. The Labute approximate surface area is 207 Å². The fraction of sp³-hybridized carbons (Fsp3) is 0.345. The lowest BCUT2D eigenvalue weighted by molar-refractivity contribution is 0.0990. The number of Topliss-reactive ketones (excluding diaryl/α,β-unsaturated/α-hetero) is 1. The van der Waals surface area contributed by atoms with Crippen molar-refractivity contribution in [2.45, 2.75) is 31.7 Å². The van der Waals surface area contributed by atoms with Crippen molar-refractivity contribution in [1.82, 2.24) is 5.32 Å². The highest BCUT2D eigenvalue weighted by molar-refractivity contribution is 6.00. The molecule has 1 aliphatic rings. The standard InChI is InChI=1S/C29H33NO5/c1-32-26-17-21-12-13-30-24(11-10-20-15-27(33-2)29(35-4)28(16-20)34-3)22(21)18-23(26)25(31)14-19-8-6-5-7-9-19/h5-9,15-18,24,30H,10-14H2,1-4H3. The minimum atomic E-state index is 0.0600. The van der Waals surface area contributed by atoms with Gasteiger partial charge in [0.2, 0.25) is 5.75 Å². The Hall–Kier alpha value is -3.51. The van der Waals surface area contributed by atoms with Crippen molar-refractivity contribution >= 4 is 5.78 Å². The predicted octanol–water partition coefficient (Wildman–Crippen LogP) is 4.97. The second-order valence-electron chi connectivity index (χ2n) is 8.67. The molecular formula is C29H33NO5. The zero-order chi connectivity index (χ0) is 24.8. The van der Waals surface area contributed by atoms with Crippen molar-refractivity contribution in [1.29, 1.82) is 0 Å². The van der Waals surface area contributed by atoms with Crippen LogP contribution in [0.3, 0.4) is 0 Å². The van der Waals surface area contributed by atoms with E-state index in [1.807, 2.05) is 54.6 Å². The summed E-state index contributed by atoms with van der Waals surface area (Å²) < 4.78 is 22.1. The van der Waals surface area contributed by atoms with Gasteiger partial charge in [-0.15, -0.1) is 0 Å². The quantitative estimate of drug-likeness (QED) is 0.418. The molecule has 35 heavy (non-hydrogen) atoms. The van der Waals surface area contributed by atoms with Crippen molar-refractivity contribution in [3.05, 3.63) is 82.4 Å². The van der Waals surface area contributed by atoms with Gasteiger partial charge in [0.1, 0.15) is 5.75 Å². The van der Waals surface area contributed by atoms with Crippen molar-refractivity contribution in [2.75, 3.05) is 35.0 Å². The molecule has 0 saturated heterocycles. The predicted molar refractivity (Wildman–Crippen MR) is 136 cm³/mol. The van der Waals surface area contributed by atoms with E-state index in [9.17, 15) is 4.79 Å². The van der Waals surface area contributed by atoms with Crippen molar-refractivity contribution in [2.24, 2.45) is 0 Å². The van der Waals surface area contributed by atoms with Crippen LogP contribution in [0.25, 0.3) is 0 Å². The molecule has 6 heteroatoms. The fourth-order valence-corrected chi connectivity index (χ4v) is 4.78. The minimum Gasteiger partial charge on any atom is -0.496 e. The number of ketones is 1. The average molecular weight is 476 g/mol. The largest absolute Gasteiger partial charge is 0.496 e. The molecule has 0 amide bonds. The van der Waals surface area contributed by atoms with Crippen molar-refractivity contribution < 1.29 is 23.7 Å². The van der Waals surface area contributed by atoms with E-state index < -0.39 is 0 Å². The molecule has 4 rings (SSSR count). The summed E-state index contributed by atoms with van der Waals surface area (Å²) in [5.74, 6) is 2.60. The topological polar surface area (TPSA) is 66.0 Å². The molecular weight excluding hydrogens is 442 g/mol. The normalized spacial score (nSPS) is 14.7. The Kier molecular flexibility index (Phi) is 7.93. The molecule has 1 heterocycles. The SMILES string of the molecule is COc1cc2c(cc1C(=O)Cc1ccccc1)C(CCc1cc(OC)c(OC)c(OC)c1)NCC2. The maximum absolute atomic E-state index is 13.2. The third-order valence-corrected chi connectivity index (χ3v) is 6.58. The number of aryl methyl sites for hydroxylation is 1. The monoisotopic (exact) mass is 475 g/mol. The van der Waals surface area contributed by atoms with Crippen molar-refractivity contribution in [3.8, 4) is 23.0 Å². The Morgan fingerprint density at radius 2 is 1.54 bits per heavy atom. The van der Waals surface area contributed by atoms with Gasteiger partial charge in [-0.3, -0.25) is 4.79 Å². The van der Waals surface area contributed by atoms with Crippen molar-refractivity contribution in [3.63, 3.8) is 0 Å². The molecule has 3 aromatic carbocycles. The van der Waals surface area contributed by atoms with Gasteiger partial charge in [0.15, 0.2) is 17.3 Å². The van der Waals surface area contributed by atoms with Gasteiger partial charge in [-0.05, 0) is 72.3 Å². The lowest BCUT2D eigenvalue weighted by Gasteiger charge is -2.28. The first kappa shape index (κ1) is 24.6. The molecule has 1 N–H and O–H groups in total. The minimum absolute atomic E-state index is 0.0600. The van der Waals surface area contributed by atoms with E-state index in [4.69, 9.17) is 18.9 Å². The second-order valence-corrected chi connectivity index (χ2v) is 8.67. The van der Waals surface area contributed by atoms with Gasteiger partial charge in [-0.1, -0.05) is 30.3 Å². The molecule has 1 aliphatic heterocycles. The van der Waals surface area contributed by atoms with Gasteiger partial charge in [-0.2, -0.15) is 0 Å². The first-order valence-corrected chi connectivity index (χ1v) is 11.9. The summed E-state index contributed by atoms with van der Waals surface area (Å²) in [6, 6.07) is 18.0. The Morgan fingerprint density at radius 3 is 2.17 bits per heavy atom. The summed E-state index contributed by atoms with van der Waals surface area (Å²) in [4.78, 5) is 13.2. The Bertz CT molecular complexity index is 1150. The fourth-order valence-electron chi connectivity index (χ4n) is 4.78. The molecule has 0 bridgehead atoms. The first-order chi connectivity index (χ1) is 17.1. The van der Waals surface area contributed by atoms with Gasteiger partial charge in [0, 0.05) is 12.5 Å². The number of carbonyl (C=O) groups excluding carboxylic acids is 1. The van der Waals surface area contributed by atoms with Crippen LogP contribution in [0.1, 0.15) is 45.1 Å². The number of rotatable bonds is 10. The summed E-state index contributed by atoms with van der Waals surface area (Å²) in [5.41, 5.74) is 5.13. The van der Waals surface area contributed by atoms with Gasteiger partial charge in [-0.25, -0.2) is 0 Å². The number of ether oxygens (including phenoxy) is 4. The van der Waals surface area contributed by atoms with E-state index in [0.29, 0.717) is 35.0 Å². The van der Waals surface area contributed by atoms with Gasteiger partial charge < -0.3 is 24.3 Å². The number of fused-ring (bicyclic) bond motifs is 1. The number of methoxy groups -OCH3 is 4. The highest BCUT2D eigenvalue weighted by Gasteiger charge is 2.25. The lowest BCUT2D eigenvalue weighted by atomic mass is 9.87. The third-order valence-electron chi connectivity index (χ3n) is 6.58. The highest BCUT2D eigenvalue weighted by Crippen LogP contribution is 2.39.